The molecule has 0 spiro atoms. The summed E-state index contributed by atoms with van der Waals surface area (Å²) >= 11 is 12.3. The van der Waals surface area contributed by atoms with Gasteiger partial charge in [-0.3, -0.25) is 20.4 Å². The van der Waals surface area contributed by atoms with Crippen LogP contribution in [0.25, 0.3) is 21.1 Å². The molecule has 2 heterocycles. The molecule has 0 radical (unpaired) electrons. The molecule has 1 aliphatic heterocycles. The molecule has 60 heavy (non-hydrogen) atoms. The Morgan fingerprint density at radius 3 is 1.73 bits per heavy atom. The smallest absolute Gasteiger partial charge is 0.269 e. The third kappa shape index (κ3) is 12.7. The predicted molar refractivity (Wildman–Crippen MR) is 224 cm³/mol. The predicted octanol–water partition coefficient (Wildman–Crippen LogP) is 8.68. The second-order valence-electron chi connectivity index (χ2n) is 13.3. The largest absolute Gasteiger partial charge is 0.418 e. The van der Waals surface area contributed by atoms with Gasteiger partial charge in [-0.1, -0.05) is 35.3 Å². The number of halogens is 4. The van der Waals surface area contributed by atoms with Crippen LogP contribution in [0.5, 0.6) is 0 Å². The van der Waals surface area contributed by atoms with Gasteiger partial charge in [0.2, 0.25) is 23.2 Å². The van der Waals surface area contributed by atoms with E-state index in [2.05, 4.69) is 41.4 Å². The van der Waals surface area contributed by atoms with Gasteiger partial charge >= 0.3 is 0 Å². The van der Waals surface area contributed by atoms with E-state index in [1.807, 2.05) is 0 Å². The molecule has 0 unspecified atom stereocenters. The van der Waals surface area contributed by atoms with Gasteiger partial charge in [0.1, 0.15) is 23.7 Å². The van der Waals surface area contributed by atoms with Crippen LogP contribution in [0.15, 0.2) is 77.2 Å². The van der Waals surface area contributed by atoms with Crippen LogP contribution in [0, 0.1) is 38.6 Å². The van der Waals surface area contributed by atoms with Gasteiger partial charge in [-0.15, -0.1) is 10.2 Å². The van der Waals surface area contributed by atoms with Crippen molar-refractivity contribution in [2.75, 3.05) is 23.8 Å². The number of aliphatic hydroxyl groups excluding tert-OH is 2. The standard InChI is InChI=1S/C19H18ClFN4O3.C19H16ClFN4O2.C4H8O/c1-10-14(8-9-15(22-3)16(10)20)23-17(11(2)26)19(28)25-24-18(27)12-4-6-13(21)7-5-12;1-10-14(8-9-15(22-3)16(10)20)23-17(11(2)26)19-25-24-18(27-19)12-4-6-13(21)7-5-12;1-2-4-5-3-1/h4-9,11,17,23,26H,1-2H3,(H,24,27)(H,25,28);4-9,11,17,23,26H,1-2H3;1-4H2/t2*11-,17-;/m11./s1. The first-order valence-electron chi connectivity index (χ1n) is 18.4. The second-order valence-corrected chi connectivity index (χ2v) is 14.1. The van der Waals surface area contributed by atoms with Crippen molar-refractivity contribution < 1.29 is 37.7 Å². The van der Waals surface area contributed by atoms with Gasteiger partial charge in [0.05, 0.1) is 35.4 Å². The zero-order chi connectivity index (χ0) is 43.9. The van der Waals surface area contributed by atoms with E-state index in [1.54, 1.807) is 39.0 Å². The fraction of sp³-hybridized carbons (Fsp3) is 0.286. The number of carbonyl (C=O) groups is 2. The first kappa shape index (κ1) is 46.5. The van der Waals surface area contributed by atoms with Gasteiger partial charge in [-0.25, -0.2) is 18.5 Å². The van der Waals surface area contributed by atoms with Crippen molar-refractivity contribution >= 4 is 57.8 Å². The highest BCUT2D eigenvalue weighted by atomic mass is 35.5. The summed E-state index contributed by atoms with van der Waals surface area (Å²) in [7, 11) is 0. The number of benzene rings is 4. The lowest BCUT2D eigenvalue weighted by atomic mass is 10.1. The molecule has 4 aromatic carbocycles. The van der Waals surface area contributed by atoms with Crippen molar-refractivity contribution in [3.8, 4) is 11.5 Å². The van der Waals surface area contributed by atoms with Crippen LogP contribution in [0.4, 0.5) is 31.5 Å². The maximum atomic E-state index is 13.1. The molecule has 6 rings (SSSR count). The zero-order valence-corrected chi connectivity index (χ0v) is 34.4. The normalized spacial score (nSPS) is 13.7. The fourth-order valence-corrected chi connectivity index (χ4v) is 5.82. The van der Waals surface area contributed by atoms with Crippen LogP contribution >= 0.6 is 23.2 Å². The van der Waals surface area contributed by atoms with Crippen LogP contribution in [0.2, 0.25) is 10.0 Å². The number of carbonyl (C=O) groups excluding carboxylic acids is 2. The van der Waals surface area contributed by atoms with Crippen LogP contribution in [0.1, 0.15) is 60.1 Å². The first-order chi connectivity index (χ1) is 28.6. The summed E-state index contributed by atoms with van der Waals surface area (Å²) in [5.41, 5.74) is 8.09. The zero-order valence-electron chi connectivity index (χ0n) is 32.9. The summed E-state index contributed by atoms with van der Waals surface area (Å²) in [6.07, 6.45) is 0.590. The minimum absolute atomic E-state index is 0.153. The molecular weight excluding hydrogens is 821 g/mol. The Kier molecular flexibility index (Phi) is 17.3. The summed E-state index contributed by atoms with van der Waals surface area (Å²) < 4.78 is 36.6. The minimum atomic E-state index is -1.11. The number of rotatable bonds is 10. The van der Waals surface area contributed by atoms with Gasteiger partial charge in [-0.2, -0.15) is 0 Å². The van der Waals surface area contributed by atoms with Crippen LogP contribution in [-0.2, 0) is 9.53 Å². The molecule has 0 bridgehead atoms. The average Bonchev–Trinajstić information content (AvgIpc) is 3.99. The molecular formula is C42H42Cl2F2N8O6. The number of hydrogen-bond acceptors (Lipinski definition) is 10. The van der Waals surface area contributed by atoms with E-state index in [-0.39, 0.29) is 33.9 Å². The average molecular weight is 864 g/mol. The molecule has 1 aromatic heterocycles. The highest BCUT2D eigenvalue weighted by molar-refractivity contribution is 6.34. The van der Waals surface area contributed by atoms with Gasteiger partial charge in [0.25, 0.3) is 11.8 Å². The molecule has 4 atom stereocenters. The van der Waals surface area contributed by atoms with Gasteiger partial charge in [-0.05, 0) is 112 Å². The topological polar surface area (TPSA) is 180 Å². The highest BCUT2D eigenvalue weighted by Crippen LogP contribution is 2.36. The van der Waals surface area contributed by atoms with Crippen LogP contribution in [-0.4, -0.2) is 63.7 Å². The molecule has 1 saturated heterocycles. The third-order valence-corrected chi connectivity index (χ3v) is 9.83. The lowest BCUT2D eigenvalue weighted by Crippen LogP contribution is -2.52. The quantitative estimate of drug-likeness (QED) is 0.0588. The maximum absolute atomic E-state index is 13.1. The second kappa shape index (κ2) is 22.3. The first-order valence-corrected chi connectivity index (χ1v) is 19.2. The van der Waals surface area contributed by atoms with E-state index in [0.29, 0.717) is 38.8 Å². The van der Waals surface area contributed by atoms with Crippen molar-refractivity contribution in [3.63, 3.8) is 0 Å². The number of hydrazine groups is 1. The molecule has 6 N–H and O–H groups in total. The number of hydrogen-bond donors (Lipinski definition) is 6. The van der Waals surface area contributed by atoms with E-state index in [4.69, 9.17) is 45.5 Å². The van der Waals surface area contributed by atoms with Crippen molar-refractivity contribution in [1.82, 2.24) is 21.0 Å². The summed E-state index contributed by atoms with van der Waals surface area (Å²) in [6, 6.07) is 15.0. The number of aromatic nitrogens is 2. The van der Waals surface area contributed by atoms with Crippen molar-refractivity contribution in [2.24, 2.45) is 0 Å². The third-order valence-electron chi connectivity index (χ3n) is 8.87. The number of ether oxygens (including phenoxy) is 1. The Hall–Kier alpha value is -6.14. The molecule has 0 saturated carbocycles. The summed E-state index contributed by atoms with van der Waals surface area (Å²) in [4.78, 5) is 31.1. The molecule has 1 aliphatic rings. The minimum Gasteiger partial charge on any atom is -0.418 e. The van der Waals surface area contributed by atoms with Crippen molar-refractivity contribution in [2.45, 2.75) is 64.8 Å². The molecule has 14 nitrogen and oxygen atoms in total. The molecule has 1 fully saturated rings. The Balaban J connectivity index is 0.000000236. The Labute approximate surface area is 355 Å². The lowest BCUT2D eigenvalue weighted by molar-refractivity contribution is -0.124. The number of nitrogens with one attached hydrogen (secondary N) is 4. The molecule has 5 aromatic rings. The monoisotopic (exact) mass is 862 g/mol. The summed E-state index contributed by atoms with van der Waals surface area (Å²) in [6.45, 7) is 22.6. The summed E-state index contributed by atoms with van der Waals surface area (Å²) in [5, 5.41) is 34.7. The maximum Gasteiger partial charge on any atom is 0.269 e. The molecule has 0 aliphatic carbocycles. The lowest BCUT2D eigenvalue weighted by Gasteiger charge is -2.23. The Morgan fingerprint density at radius 1 is 0.750 bits per heavy atom. The van der Waals surface area contributed by atoms with Crippen molar-refractivity contribution in [1.29, 1.82) is 0 Å². The Morgan fingerprint density at radius 2 is 1.27 bits per heavy atom. The van der Waals surface area contributed by atoms with Gasteiger partial charge in [0.15, 0.2) is 0 Å². The van der Waals surface area contributed by atoms with E-state index in [1.165, 1.54) is 62.2 Å². The van der Waals surface area contributed by atoms with Crippen molar-refractivity contribution in [3.05, 3.63) is 140 Å². The summed E-state index contributed by atoms with van der Waals surface area (Å²) in [5.74, 6) is -1.80. The van der Waals surface area contributed by atoms with E-state index in [9.17, 15) is 28.6 Å². The molecule has 314 valence electrons. The van der Waals surface area contributed by atoms with Crippen LogP contribution < -0.4 is 21.5 Å². The molecule has 2 amide bonds. The van der Waals surface area contributed by atoms with Gasteiger partial charge < -0.3 is 30.0 Å². The number of anilines is 2. The number of nitrogens with zero attached hydrogens (tertiary/aromatic N) is 4. The van der Waals surface area contributed by atoms with E-state index < -0.39 is 41.9 Å². The van der Waals surface area contributed by atoms with Crippen LogP contribution in [0.3, 0.4) is 0 Å². The molecule has 18 heteroatoms. The highest BCUT2D eigenvalue weighted by Gasteiger charge is 2.27. The number of aliphatic hydroxyl groups is 2. The fourth-order valence-electron chi connectivity index (χ4n) is 5.41. The van der Waals surface area contributed by atoms with E-state index in [0.717, 1.165) is 25.3 Å². The van der Waals surface area contributed by atoms with Gasteiger partial charge in [0, 0.05) is 35.7 Å². The number of amides is 2. The Bertz CT molecular complexity index is 2320. The SMILES string of the molecule is C1CCOC1.[C-]#[N+]c1ccc(N[C@@H](C(=O)NNC(=O)c2ccc(F)cc2)[C@@H](C)O)c(C)c1Cl.[C-]#[N+]c1ccc(N[C@@H](c2nnc(-c3ccc(F)cc3)o2)[C@@H](C)O)c(C)c1Cl. The van der Waals surface area contributed by atoms with E-state index >= 15 is 0 Å².